The summed E-state index contributed by atoms with van der Waals surface area (Å²) in [6, 6.07) is 19.1. The van der Waals surface area contributed by atoms with Crippen molar-refractivity contribution in [3.05, 3.63) is 83.4 Å². The minimum atomic E-state index is -3.74. The summed E-state index contributed by atoms with van der Waals surface area (Å²) < 4.78 is 32.8. The van der Waals surface area contributed by atoms with E-state index in [4.69, 9.17) is 4.74 Å². The van der Waals surface area contributed by atoms with Gasteiger partial charge in [-0.3, -0.25) is 9.52 Å². The predicted molar refractivity (Wildman–Crippen MR) is 131 cm³/mol. The van der Waals surface area contributed by atoms with Gasteiger partial charge in [0.05, 0.1) is 17.8 Å². The van der Waals surface area contributed by atoms with Crippen molar-refractivity contribution in [2.24, 2.45) is 0 Å². The van der Waals surface area contributed by atoms with Crippen molar-refractivity contribution in [2.45, 2.75) is 24.5 Å². The molecule has 32 heavy (non-hydrogen) atoms. The summed E-state index contributed by atoms with van der Waals surface area (Å²) in [4.78, 5) is 12.3. The van der Waals surface area contributed by atoms with Crippen LogP contribution in [0.15, 0.2) is 71.6 Å². The first-order valence-electron chi connectivity index (χ1n) is 9.97. The Morgan fingerprint density at radius 1 is 0.906 bits per heavy atom. The number of sulfonamides is 1. The molecule has 1 amide bonds. The number of ether oxygens (including phenoxy) is 1. The zero-order chi connectivity index (χ0) is 23.1. The number of thioether (sulfide) groups is 1. The minimum Gasteiger partial charge on any atom is -0.497 e. The van der Waals surface area contributed by atoms with Gasteiger partial charge in [0.25, 0.3) is 10.0 Å². The molecule has 0 unspecified atom stereocenters. The molecule has 0 spiro atoms. The SMILES string of the molecule is COc1ccc(NS(=O)(=O)c2ccc(NC(=O)CSCc3cc(C)cc(C)c3)cc2)cc1. The number of benzene rings is 3. The van der Waals surface area contributed by atoms with Crippen molar-refractivity contribution in [1.82, 2.24) is 0 Å². The number of nitrogens with one attached hydrogen (secondary N) is 2. The van der Waals surface area contributed by atoms with Crippen LogP contribution in [-0.2, 0) is 20.6 Å². The van der Waals surface area contributed by atoms with Crippen LogP contribution < -0.4 is 14.8 Å². The standard InChI is InChI=1S/C24H26N2O4S2/c1-17-12-18(2)14-19(13-17)15-31-16-24(27)25-20-6-10-23(11-7-20)32(28,29)26-21-4-8-22(30-3)9-5-21/h4-14,26H,15-16H2,1-3H3,(H,25,27). The van der Waals surface area contributed by atoms with Gasteiger partial charge in [-0.2, -0.15) is 0 Å². The molecule has 0 aromatic heterocycles. The Kier molecular flexibility index (Phi) is 7.82. The lowest BCUT2D eigenvalue weighted by atomic mass is 10.1. The smallest absolute Gasteiger partial charge is 0.261 e. The van der Waals surface area contributed by atoms with Crippen LogP contribution in [0.5, 0.6) is 5.75 Å². The number of carbonyl (C=O) groups is 1. The fourth-order valence-electron chi connectivity index (χ4n) is 3.20. The first-order valence-corrected chi connectivity index (χ1v) is 12.6. The van der Waals surface area contributed by atoms with Crippen molar-refractivity contribution >= 4 is 39.1 Å². The molecule has 0 atom stereocenters. The number of hydrogen-bond acceptors (Lipinski definition) is 5. The quantitative estimate of drug-likeness (QED) is 0.461. The Hall–Kier alpha value is -2.97. The van der Waals surface area contributed by atoms with Crippen LogP contribution in [0.3, 0.4) is 0 Å². The molecule has 168 valence electrons. The zero-order valence-electron chi connectivity index (χ0n) is 18.2. The van der Waals surface area contributed by atoms with Crippen LogP contribution in [-0.4, -0.2) is 27.2 Å². The number of amides is 1. The van der Waals surface area contributed by atoms with E-state index in [-0.39, 0.29) is 10.8 Å². The van der Waals surface area contributed by atoms with E-state index >= 15 is 0 Å². The van der Waals surface area contributed by atoms with Crippen molar-refractivity contribution in [1.29, 1.82) is 0 Å². The van der Waals surface area contributed by atoms with Crippen LogP contribution >= 0.6 is 11.8 Å². The van der Waals surface area contributed by atoms with Crippen LogP contribution in [0, 0.1) is 13.8 Å². The van der Waals surface area contributed by atoms with E-state index in [0.29, 0.717) is 22.9 Å². The monoisotopic (exact) mass is 470 g/mol. The molecule has 6 nitrogen and oxygen atoms in total. The fourth-order valence-corrected chi connectivity index (χ4v) is 5.02. The number of anilines is 2. The largest absolute Gasteiger partial charge is 0.497 e. The van der Waals surface area contributed by atoms with Gasteiger partial charge in [0.1, 0.15) is 5.75 Å². The highest BCUT2D eigenvalue weighted by atomic mass is 32.2. The maximum Gasteiger partial charge on any atom is 0.261 e. The Morgan fingerprint density at radius 2 is 1.50 bits per heavy atom. The van der Waals surface area contributed by atoms with Gasteiger partial charge >= 0.3 is 0 Å². The average Bonchev–Trinajstić information content (AvgIpc) is 2.74. The number of methoxy groups -OCH3 is 1. The molecule has 0 bridgehead atoms. The van der Waals surface area contributed by atoms with Gasteiger partial charge in [0, 0.05) is 17.1 Å². The van der Waals surface area contributed by atoms with E-state index in [0.717, 1.165) is 5.75 Å². The van der Waals surface area contributed by atoms with Gasteiger partial charge in [-0.15, -0.1) is 11.8 Å². The number of carbonyl (C=O) groups excluding carboxylic acids is 1. The van der Waals surface area contributed by atoms with Gasteiger partial charge in [-0.25, -0.2) is 8.42 Å². The Morgan fingerprint density at radius 3 is 2.09 bits per heavy atom. The Labute approximate surface area is 193 Å². The molecule has 0 aliphatic rings. The molecule has 0 radical (unpaired) electrons. The Bertz CT molecular complexity index is 1160. The van der Waals surface area contributed by atoms with Crippen LogP contribution in [0.1, 0.15) is 16.7 Å². The second kappa shape index (κ2) is 10.6. The van der Waals surface area contributed by atoms with E-state index in [1.807, 2.05) is 0 Å². The highest BCUT2D eigenvalue weighted by molar-refractivity contribution is 7.99. The topological polar surface area (TPSA) is 84.5 Å². The third-order valence-corrected chi connectivity index (χ3v) is 6.97. The maximum absolute atomic E-state index is 12.6. The summed E-state index contributed by atoms with van der Waals surface area (Å²) >= 11 is 1.54. The molecule has 3 rings (SSSR count). The lowest BCUT2D eigenvalue weighted by Crippen LogP contribution is -2.15. The second-order valence-corrected chi connectivity index (χ2v) is 10.1. The minimum absolute atomic E-state index is 0.107. The molecule has 0 fully saturated rings. The van der Waals surface area contributed by atoms with Gasteiger partial charge in [-0.05, 0) is 67.9 Å². The van der Waals surface area contributed by atoms with E-state index in [9.17, 15) is 13.2 Å². The molecule has 0 saturated carbocycles. The average molecular weight is 471 g/mol. The molecule has 0 aliphatic carbocycles. The number of aryl methyl sites for hydroxylation is 2. The normalized spacial score (nSPS) is 11.1. The molecule has 3 aromatic rings. The van der Waals surface area contributed by atoms with Crippen molar-refractivity contribution in [3.8, 4) is 5.75 Å². The summed E-state index contributed by atoms with van der Waals surface area (Å²) in [5.74, 6) is 1.57. The molecule has 0 aliphatic heterocycles. The van der Waals surface area contributed by atoms with Crippen molar-refractivity contribution in [2.75, 3.05) is 22.9 Å². The van der Waals surface area contributed by atoms with E-state index in [2.05, 4.69) is 42.1 Å². The molecule has 0 heterocycles. The fraction of sp³-hybridized carbons (Fsp3) is 0.208. The highest BCUT2D eigenvalue weighted by Gasteiger charge is 2.14. The molecule has 8 heteroatoms. The van der Waals surface area contributed by atoms with E-state index in [1.54, 1.807) is 43.5 Å². The summed E-state index contributed by atoms with van der Waals surface area (Å²) in [5, 5.41) is 2.80. The van der Waals surface area contributed by atoms with E-state index < -0.39 is 10.0 Å². The molecule has 2 N–H and O–H groups in total. The lowest BCUT2D eigenvalue weighted by molar-refractivity contribution is -0.113. The number of rotatable bonds is 9. The van der Waals surface area contributed by atoms with Crippen LogP contribution in [0.2, 0.25) is 0 Å². The summed E-state index contributed by atoms with van der Waals surface area (Å²) in [7, 11) is -2.19. The zero-order valence-corrected chi connectivity index (χ0v) is 19.8. The van der Waals surface area contributed by atoms with Gasteiger partial charge < -0.3 is 10.1 Å². The van der Waals surface area contributed by atoms with Gasteiger partial charge in [0.15, 0.2) is 0 Å². The van der Waals surface area contributed by atoms with Gasteiger partial charge in [0.2, 0.25) is 5.91 Å². The molecular formula is C24H26N2O4S2. The second-order valence-electron chi connectivity index (χ2n) is 7.40. The van der Waals surface area contributed by atoms with Crippen LogP contribution in [0.25, 0.3) is 0 Å². The van der Waals surface area contributed by atoms with E-state index in [1.165, 1.54) is 40.6 Å². The Balaban J connectivity index is 1.53. The number of hydrogen-bond donors (Lipinski definition) is 2. The molecule has 3 aromatic carbocycles. The predicted octanol–water partition coefficient (Wildman–Crippen LogP) is 4.98. The highest BCUT2D eigenvalue weighted by Crippen LogP contribution is 2.21. The molecule has 0 saturated heterocycles. The van der Waals surface area contributed by atoms with Crippen molar-refractivity contribution in [3.63, 3.8) is 0 Å². The van der Waals surface area contributed by atoms with Crippen LogP contribution in [0.4, 0.5) is 11.4 Å². The summed E-state index contributed by atoms with van der Waals surface area (Å²) in [6.45, 7) is 4.12. The summed E-state index contributed by atoms with van der Waals surface area (Å²) in [6.07, 6.45) is 0. The first kappa shape index (κ1) is 23.7. The third kappa shape index (κ3) is 6.77. The third-order valence-electron chi connectivity index (χ3n) is 4.57. The lowest BCUT2D eigenvalue weighted by Gasteiger charge is -2.10. The summed E-state index contributed by atoms with van der Waals surface area (Å²) in [5.41, 5.74) is 4.59. The van der Waals surface area contributed by atoms with Gasteiger partial charge in [-0.1, -0.05) is 29.3 Å². The van der Waals surface area contributed by atoms with Crippen molar-refractivity contribution < 1.29 is 17.9 Å². The first-order chi connectivity index (χ1) is 15.2. The maximum atomic E-state index is 12.6. The molecular weight excluding hydrogens is 444 g/mol.